The third-order valence-electron chi connectivity index (χ3n) is 5.88. The molecule has 0 saturated carbocycles. The molecule has 4 rings (SSSR count). The van der Waals surface area contributed by atoms with E-state index in [2.05, 4.69) is 0 Å². The molecule has 0 atom stereocenters. The van der Waals surface area contributed by atoms with E-state index in [0.717, 1.165) is 22.4 Å². The molecule has 4 aromatic carbocycles. The zero-order chi connectivity index (χ0) is 26.7. The predicted octanol–water partition coefficient (Wildman–Crippen LogP) is 6.77. The number of hydrogen-bond acceptors (Lipinski definition) is 6. The van der Waals surface area contributed by atoms with E-state index >= 15 is 0 Å². The van der Waals surface area contributed by atoms with Crippen molar-refractivity contribution in [2.75, 3.05) is 21.3 Å². The Morgan fingerprint density at radius 1 is 0.632 bits per heavy atom. The number of rotatable bonds is 12. The predicted molar refractivity (Wildman–Crippen MR) is 147 cm³/mol. The van der Waals surface area contributed by atoms with Crippen LogP contribution in [0.5, 0.6) is 28.7 Å². The molecule has 0 aliphatic rings. The van der Waals surface area contributed by atoms with E-state index in [1.807, 2.05) is 72.8 Å². The summed E-state index contributed by atoms with van der Waals surface area (Å²) in [5.41, 5.74) is 3.23. The Kier molecular flexibility index (Phi) is 9.03. The summed E-state index contributed by atoms with van der Waals surface area (Å²) in [5.74, 6) is 2.90. The lowest BCUT2D eigenvalue weighted by Gasteiger charge is -2.13. The normalized spacial score (nSPS) is 10.7. The average Bonchev–Trinajstić information content (AvgIpc) is 2.98. The number of ether oxygens (including phenoxy) is 5. The summed E-state index contributed by atoms with van der Waals surface area (Å²) >= 11 is 0. The summed E-state index contributed by atoms with van der Waals surface area (Å²) in [7, 11) is 4.72. The summed E-state index contributed by atoms with van der Waals surface area (Å²) in [5, 5.41) is 0. The van der Waals surface area contributed by atoms with Gasteiger partial charge in [-0.15, -0.1) is 0 Å². The first-order chi connectivity index (χ1) is 18.6. The molecule has 194 valence electrons. The van der Waals surface area contributed by atoms with Crippen LogP contribution in [0, 0.1) is 0 Å². The van der Waals surface area contributed by atoms with Gasteiger partial charge >= 0.3 is 0 Å². The molecule has 0 unspecified atom stereocenters. The number of carbonyl (C=O) groups excluding carboxylic acids is 1. The standard InChI is InChI=1S/C32H30O6/c1-34-26-13-9-24(10-14-26)22-38-31-20-28(37-21-23-7-5-4-6-8-23)15-11-25(31)12-18-30(33)29-17-16-27(35-2)19-32(29)36-3/h4-20H,21-22H2,1-3H3. The zero-order valence-corrected chi connectivity index (χ0v) is 21.7. The minimum atomic E-state index is -0.199. The monoisotopic (exact) mass is 510 g/mol. The molecule has 0 spiro atoms. The van der Waals surface area contributed by atoms with E-state index < -0.39 is 0 Å². The van der Waals surface area contributed by atoms with Gasteiger partial charge in [0.25, 0.3) is 0 Å². The maximum Gasteiger partial charge on any atom is 0.189 e. The summed E-state index contributed by atoms with van der Waals surface area (Å²) in [6, 6.07) is 28.3. The first-order valence-electron chi connectivity index (χ1n) is 12.1. The van der Waals surface area contributed by atoms with Gasteiger partial charge in [-0.05, 0) is 59.7 Å². The van der Waals surface area contributed by atoms with Gasteiger partial charge in [0.15, 0.2) is 5.78 Å². The van der Waals surface area contributed by atoms with Gasteiger partial charge in [0.2, 0.25) is 0 Å². The molecular weight excluding hydrogens is 480 g/mol. The number of ketones is 1. The van der Waals surface area contributed by atoms with Gasteiger partial charge in [0.1, 0.15) is 42.0 Å². The lowest BCUT2D eigenvalue weighted by atomic mass is 10.1. The summed E-state index contributed by atoms with van der Waals surface area (Å²) in [6.45, 7) is 0.775. The third-order valence-corrected chi connectivity index (χ3v) is 5.88. The molecule has 6 heteroatoms. The van der Waals surface area contributed by atoms with E-state index in [1.165, 1.54) is 13.2 Å². The molecule has 38 heavy (non-hydrogen) atoms. The average molecular weight is 511 g/mol. The van der Waals surface area contributed by atoms with Crippen LogP contribution in [0.1, 0.15) is 27.0 Å². The van der Waals surface area contributed by atoms with Gasteiger partial charge in [-0.3, -0.25) is 4.79 Å². The highest BCUT2D eigenvalue weighted by Gasteiger charge is 2.12. The minimum Gasteiger partial charge on any atom is -0.497 e. The highest BCUT2D eigenvalue weighted by molar-refractivity contribution is 6.08. The fourth-order valence-electron chi connectivity index (χ4n) is 3.75. The van der Waals surface area contributed by atoms with E-state index in [4.69, 9.17) is 23.7 Å². The molecule has 0 fully saturated rings. The van der Waals surface area contributed by atoms with Crippen molar-refractivity contribution in [3.63, 3.8) is 0 Å². The van der Waals surface area contributed by atoms with Gasteiger partial charge in [0, 0.05) is 17.7 Å². The molecule has 0 bridgehead atoms. The Labute approximate surface area is 223 Å². The highest BCUT2D eigenvalue weighted by Crippen LogP contribution is 2.29. The van der Waals surface area contributed by atoms with Crippen molar-refractivity contribution in [2.24, 2.45) is 0 Å². The number of methoxy groups -OCH3 is 3. The Morgan fingerprint density at radius 2 is 1.26 bits per heavy atom. The molecular formula is C32H30O6. The van der Waals surface area contributed by atoms with Crippen molar-refractivity contribution in [1.29, 1.82) is 0 Å². The molecule has 4 aromatic rings. The molecule has 0 aliphatic heterocycles. The minimum absolute atomic E-state index is 0.199. The molecule has 6 nitrogen and oxygen atoms in total. The SMILES string of the molecule is COc1ccc(COc2cc(OCc3ccccc3)ccc2C=CC(=O)c2ccc(OC)cc2OC)cc1. The second-order valence-electron chi connectivity index (χ2n) is 8.37. The van der Waals surface area contributed by atoms with Crippen LogP contribution in [-0.2, 0) is 13.2 Å². The molecule has 0 aliphatic carbocycles. The summed E-state index contributed by atoms with van der Waals surface area (Å²) < 4.78 is 28.0. The fourth-order valence-corrected chi connectivity index (χ4v) is 3.75. The van der Waals surface area contributed by atoms with Crippen LogP contribution in [0.3, 0.4) is 0 Å². The fraction of sp³-hybridized carbons (Fsp3) is 0.156. The Morgan fingerprint density at radius 3 is 1.97 bits per heavy atom. The van der Waals surface area contributed by atoms with Crippen LogP contribution in [0.2, 0.25) is 0 Å². The van der Waals surface area contributed by atoms with Gasteiger partial charge in [-0.2, -0.15) is 0 Å². The third kappa shape index (κ3) is 6.95. The van der Waals surface area contributed by atoms with Crippen molar-refractivity contribution in [1.82, 2.24) is 0 Å². The Hall–Kier alpha value is -4.71. The zero-order valence-electron chi connectivity index (χ0n) is 21.7. The van der Waals surface area contributed by atoms with Crippen molar-refractivity contribution in [2.45, 2.75) is 13.2 Å². The smallest absolute Gasteiger partial charge is 0.189 e. The van der Waals surface area contributed by atoms with Gasteiger partial charge < -0.3 is 23.7 Å². The van der Waals surface area contributed by atoms with Gasteiger partial charge in [-0.25, -0.2) is 0 Å². The van der Waals surface area contributed by atoms with Crippen LogP contribution in [-0.4, -0.2) is 27.1 Å². The Balaban J connectivity index is 1.56. The largest absolute Gasteiger partial charge is 0.497 e. The molecule has 0 heterocycles. The number of allylic oxidation sites excluding steroid dienone is 1. The number of benzene rings is 4. The molecule has 0 saturated heterocycles. The van der Waals surface area contributed by atoms with Gasteiger partial charge in [0.05, 0.1) is 26.9 Å². The van der Waals surface area contributed by atoms with Crippen LogP contribution in [0.15, 0.2) is 97.1 Å². The topological polar surface area (TPSA) is 63.2 Å². The second-order valence-corrected chi connectivity index (χ2v) is 8.37. The first kappa shape index (κ1) is 26.4. The highest BCUT2D eigenvalue weighted by atomic mass is 16.5. The maximum atomic E-state index is 13.0. The van der Waals surface area contributed by atoms with Crippen LogP contribution < -0.4 is 23.7 Å². The van der Waals surface area contributed by atoms with Crippen LogP contribution in [0.25, 0.3) is 6.08 Å². The maximum absolute atomic E-state index is 13.0. The van der Waals surface area contributed by atoms with E-state index in [-0.39, 0.29) is 5.78 Å². The lowest BCUT2D eigenvalue weighted by Crippen LogP contribution is -2.01. The molecule has 0 amide bonds. The molecule has 0 radical (unpaired) electrons. The summed E-state index contributed by atoms with van der Waals surface area (Å²) in [4.78, 5) is 13.0. The van der Waals surface area contributed by atoms with E-state index in [0.29, 0.717) is 41.8 Å². The van der Waals surface area contributed by atoms with Gasteiger partial charge in [-0.1, -0.05) is 42.5 Å². The number of hydrogen-bond donors (Lipinski definition) is 0. The lowest BCUT2D eigenvalue weighted by molar-refractivity contribution is 0.104. The van der Waals surface area contributed by atoms with Crippen molar-refractivity contribution in [3.05, 3.63) is 119 Å². The molecule has 0 N–H and O–H groups in total. The van der Waals surface area contributed by atoms with Crippen LogP contribution in [0.4, 0.5) is 0 Å². The van der Waals surface area contributed by atoms with E-state index in [1.54, 1.807) is 38.5 Å². The number of carbonyl (C=O) groups is 1. The van der Waals surface area contributed by atoms with Crippen molar-refractivity contribution < 1.29 is 28.5 Å². The van der Waals surface area contributed by atoms with Crippen molar-refractivity contribution in [3.8, 4) is 28.7 Å². The summed E-state index contributed by atoms with van der Waals surface area (Å²) in [6.07, 6.45) is 3.24. The quantitative estimate of drug-likeness (QED) is 0.155. The Bertz CT molecular complexity index is 1380. The molecule has 0 aromatic heterocycles. The van der Waals surface area contributed by atoms with Crippen LogP contribution >= 0.6 is 0 Å². The van der Waals surface area contributed by atoms with Crippen molar-refractivity contribution >= 4 is 11.9 Å². The van der Waals surface area contributed by atoms with E-state index in [9.17, 15) is 4.79 Å². The second kappa shape index (κ2) is 13.0. The first-order valence-corrected chi connectivity index (χ1v) is 12.1.